The third-order valence-electron chi connectivity index (χ3n) is 2.21. The van der Waals surface area contributed by atoms with E-state index in [4.69, 9.17) is 11.5 Å². The first-order chi connectivity index (χ1) is 7.11. The lowest BCUT2D eigenvalue weighted by atomic mass is 10.2. The predicted molar refractivity (Wildman–Crippen MR) is 59.8 cm³/mol. The fourth-order valence-corrected chi connectivity index (χ4v) is 1.44. The first-order valence-electron chi connectivity index (χ1n) is 5.00. The number of hydrogen-bond donors (Lipinski definition) is 2. The lowest BCUT2D eigenvalue weighted by molar-refractivity contribution is 0.305. The van der Waals surface area contributed by atoms with Crippen LogP contribution in [0.15, 0.2) is 24.3 Å². The highest BCUT2D eigenvalue weighted by molar-refractivity contribution is 5.15. The fraction of sp³-hybridized carbons (Fsp3) is 0.455. The van der Waals surface area contributed by atoms with Gasteiger partial charge in [0.2, 0.25) is 0 Å². The average molecular weight is 211 g/mol. The SMILES string of the molecule is CN(Cc1ccc(F)cc1)CC(N)CN. The van der Waals surface area contributed by atoms with Gasteiger partial charge in [0.1, 0.15) is 5.82 Å². The Morgan fingerprint density at radius 3 is 2.47 bits per heavy atom. The smallest absolute Gasteiger partial charge is 0.123 e. The van der Waals surface area contributed by atoms with Crippen LogP contribution in [0.2, 0.25) is 0 Å². The molecular weight excluding hydrogens is 193 g/mol. The molecule has 0 aliphatic rings. The lowest BCUT2D eigenvalue weighted by Gasteiger charge is -2.20. The van der Waals surface area contributed by atoms with Crippen molar-refractivity contribution in [3.8, 4) is 0 Å². The van der Waals surface area contributed by atoms with E-state index in [0.29, 0.717) is 6.54 Å². The molecule has 1 unspecified atom stereocenters. The van der Waals surface area contributed by atoms with Crippen molar-refractivity contribution in [2.45, 2.75) is 12.6 Å². The fourth-order valence-electron chi connectivity index (χ4n) is 1.44. The van der Waals surface area contributed by atoms with Crippen LogP contribution in [0.25, 0.3) is 0 Å². The van der Waals surface area contributed by atoms with Crippen LogP contribution in [0.3, 0.4) is 0 Å². The summed E-state index contributed by atoms with van der Waals surface area (Å²) in [4.78, 5) is 2.07. The summed E-state index contributed by atoms with van der Waals surface area (Å²) in [5.74, 6) is -0.208. The molecule has 84 valence electrons. The number of rotatable bonds is 5. The normalized spacial score (nSPS) is 13.1. The molecule has 3 nitrogen and oxygen atoms in total. The molecule has 0 aromatic heterocycles. The van der Waals surface area contributed by atoms with Crippen molar-refractivity contribution in [1.29, 1.82) is 0 Å². The van der Waals surface area contributed by atoms with E-state index >= 15 is 0 Å². The van der Waals surface area contributed by atoms with Crippen LogP contribution in [-0.2, 0) is 6.54 Å². The maximum Gasteiger partial charge on any atom is 0.123 e. The Hall–Kier alpha value is -0.970. The minimum atomic E-state index is -0.208. The van der Waals surface area contributed by atoms with Crippen LogP contribution in [0.4, 0.5) is 4.39 Å². The van der Waals surface area contributed by atoms with Gasteiger partial charge in [-0.25, -0.2) is 4.39 Å². The second-order valence-electron chi connectivity index (χ2n) is 3.82. The van der Waals surface area contributed by atoms with Crippen LogP contribution in [0.5, 0.6) is 0 Å². The standard InChI is InChI=1S/C11H18FN3/c1-15(8-11(14)6-13)7-9-2-4-10(12)5-3-9/h2-5,11H,6-8,13-14H2,1H3. The number of nitrogens with two attached hydrogens (primary N) is 2. The highest BCUT2D eigenvalue weighted by atomic mass is 19.1. The topological polar surface area (TPSA) is 55.3 Å². The van der Waals surface area contributed by atoms with Crippen molar-refractivity contribution in [2.24, 2.45) is 11.5 Å². The van der Waals surface area contributed by atoms with E-state index in [2.05, 4.69) is 4.90 Å². The van der Waals surface area contributed by atoms with Gasteiger partial charge in [0, 0.05) is 25.7 Å². The number of hydrogen-bond acceptors (Lipinski definition) is 3. The third kappa shape index (κ3) is 4.38. The summed E-state index contributed by atoms with van der Waals surface area (Å²) in [5.41, 5.74) is 12.2. The number of benzene rings is 1. The molecule has 0 spiro atoms. The Kier molecular flexibility index (Phi) is 4.68. The van der Waals surface area contributed by atoms with E-state index in [0.717, 1.165) is 18.7 Å². The number of nitrogens with zero attached hydrogens (tertiary/aromatic N) is 1. The Balaban J connectivity index is 2.44. The molecule has 1 atom stereocenters. The van der Waals surface area contributed by atoms with Crippen molar-refractivity contribution < 1.29 is 4.39 Å². The van der Waals surface area contributed by atoms with Gasteiger partial charge in [0.15, 0.2) is 0 Å². The highest BCUT2D eigenvalue weighted by Gasteiger charge is 2.05. The van der Waals surface area contributed by atoms with Gasteiger partial charge >= 0.3 is 0 Å². The minimum Gasteiger partial charge on any atom is -0.329 e. The van der Waals surface area contributed by atoms with Gasteiger partial charge < -0.3 is 16.4 Å². The first kappa shape index (κ1) is 12.1. The van der Waals surface area contributed by atoms with Crippen LogP contribution < -0.4 is 11.5 Å². The molecule has 1 aromatic rings. The van der Waals surface area contributed by atoms with E-state index in [1.807, 2.05) is 7.05 Å². The molecule has 0 aliphatic heterocycles. The molecule has 0 amide bonds. The average Bonchev–Trinajstić information content (AvgIpc) is 2.21. The minimum absolute atomic E-state index is 0.00421. The zero-order chi connectivity index (χ0) is 11.3. The molecule has 0 bridgehead atoms. The summed E-state index contributed by atoms with van der Waals surface area (Å²) in [5, 5.41) is 0. The Bertz CT molecular complexity index is 286. The second-order valence-corrected chi connectivity index (χ2v) is 3.82. The van der Waals surface area contributed by atoms with Gasteiger partial charge in [-0.1, -0.05) is 12.1 Å². The maximum atomic E-state index is 12.6. The Labute approximate surface area is 89.9 Å². The summed E-state index contributed by atoms with van der Waals surface area (Å²) < 4.78 is 12.6. The van der Waals surface area contributed by atoms with Crippen molar-refractivity contribution in [1.82, 2.24) is 4.90 Å². The molecule has 0 fully saturated rings. The van der Waals surface area contributed by atoms with Gasteiger partial charge in [-0.05, 0) is 24.7 Å². The van der Waals surface area contributed by atoms with Gasteiger partial charge in [0.25, 0.3) is 0 Å². The first-order valence-corrected chi connectivity index (χ1v) is 5.00. The van der Waals surface area contributed by atoms with E-state index in [1.165, 1.54) is 12.1 Å². The summed E-state index contributed by atoms with van der Waals surface area (Å²) in [6, 6.07) is 6.48. The van der Waals surface area contributed by atoms with Crippen LogP contribution in [0, 0.1) is 5.82 Å². The van der Waals surface area contributed by atoms with E-state index in [1.54, 1.807) is 12.1 Å². The summed E-state index contributed by atoms with van der Waals surface area (Å²) >= 11 is 0. The Morgan fingerprint density at radius 1 is 1.33 bits per heavy atom. The van der Waals surface area contributed by atoms with Crippen LogP contribution in [0.1, 0.15) is 5.56 Å². The molecule has 4 N–H and O–H groups in total. The molecule has 4 heteroatoms. The molecule has 0 saturated heterocycles. The number of halogens is 1. The molecule has 15 heavy (non-hydrogen) atoms. The van der Waals surface area contributed by atoms with Gasteiger partial charge in [-0.15, -0.1) is 0 Å². The quantitative estimate of drug-likeness (QED) is 0.747. The molecule has 0 radical (unpaired) electrons. The van der Waals surface area contributed by atoms with Gasteiger partial charge in [0.05, 0.1) is 0 Å². The monoisotopic (exact) mass is 211 g/mol. The zero-order valence-corrected chi connectivity index (χ0v) is 8.99. The third-order valence-corrected chi connectivity index (χ3v) is 2.21. The van der Waals surface area contributed by atoms with Crippen LogP contribution >= 0.6 is 0 Å². The van der Waals surface area contributed by atoms with Crippen molar-refractivity contribution in [3.05, 3.63) is 35.6 Å². The predicted octanol–water partition coefficient (Wildman–Crippen LogP) is 0.544. The second kappa shape index (κ2) is 5.80. The van der Waals surface area contributed by atoms with E-state index in [-0.39, 0.29) is 11.9 Å². The molecule has 1 aromatic carbocycles. The van der Waals surface area contributed by atoms with E-state index < -0.39 is 0 Å². The van der Waals surface area contributed by atoms with E-state index in [9.17, 15) is 4.39 Å². The molecule has 0 heterocycles. The number of likely N-dealkylation sites (N-methyl/N-ethyl adjacent to an activating group) is 1. The van der Waals surface area contributed by atoms with Gasteiger partial charge in [-0.3, -0.25) is 0 Å². The van der Waals surface area contributed by atoms with Crippen LogP contribution in [-0.4, -0.2) is 31.1 Å². The van der Waals surface area contributed by atoms with Crippen molar-refractivity contribution in [3.63, 3.8) is 0 Å². The molecule has 0 saturated carbocycles. The highest BCUT2D eigenvalue weighted by Crippen LogP contribution is 2.05. The molecule has 1 rings (SSSR count). The molecule has 0 aliphatic carbocycles. The Morgan fingerprint density at radius 2 is 1.93 bits per heavy atom. The lowest BCUT2D eigenvalue weighted by Crippen LogP contribution is -2.40. The van der Waals surface area contributed by atoms with Gasteiger partial charge in [-0.2, -0.15) is 0 Å². The summed E-state index contributed by atoms with van der Waals surface area (Å²) in [6.07, 6.45) is 0. The van der Waals surface area contributed by atoms with Crippen molar-refractivity contribution >= 4 is 0 Å². The maximum absolute atomic E-state index is 12.6. The van der Waals surface area contributed by atoms with Crippen molar-refractivity contribution in [2.75, 3.05) is 20.1 Å². The summed E-state index contributed by atoms with van der Waals surface area (Å²) in [6.45, 7) is 1.98. The molecular formula is C11H18FN3. The summed E-state index contributed by atoms with van der Waals surface area (Å²) in [7, 11) is 1.97. The largest absolute Gasteiger partial charge is 0.329 e. The zero-order valence-electron chi connectivity index (χ0n) is 8.99.